The van der Waals surface area contributed by atoms with E-state index in [1.807, 2.05) is 19.1 Å². The Labute approximate surface area is 142 Å². The number of aromatic nitrogens is 5. The molecule has 0 radical (unpaired) electrons. The van der Waals surface area contributed by atoms with Crippen molar-refractivity contribution in [3.8, 4) is 11.4 Å². The van der Waals surface area contributed by atoms with E-state index < -0.39 is 11.9 Å². The number of halogens is 3. The summed E-state index contributed by atoms with van der Waals surface area (Å²) in [6.07, 6.45) is -4.47. The number of hydrogen-bond acceptors (Lipinski definition) is 7. The van der Waals surface area contributed by atoms with Crippen molar-refractivity contribution in [3.05, 3.63) is 34.8 Å². The SMILES string of the molecule is COc1ccc(C)cc1-n1nnnc1Sc1nc(C(F)(F)F)cs1. The maximum absolute atomic E-state index is 12.6. The van der Waals surface area contributed by atoms with E-state index in [0.717, 1.165) is 34.0 Å². The smallest absolute Gasteiger partial charge is 0.434 e. The normalized spacial score (nSPS) is 11.7. The minimum Gasteiger partial charge on any atom is -0.494 e. The molecular weight excluding hydrogens is 363 g/mol. The molecule has 11 heteroatoms. The molecule has 0 spiro atoms. The van der Waals surface area contributed by atoms with Crippen LogP contribution in [0.5, 0.6) is 5.75 Å². The van der Waals surface area contributed by atoms with Crippen molar-refractivity contribution < 1.29 is 17.9 Å². The Hall–Kier alpha value is -2.14. The van der Waals surface area contributed by atoms with Crippen LogP contribution in [0.3, 0.4) is 0 Å². The second-order valence-corrected chi connectivity index (χ2v) is 6.72. The lowest BCUT2D eigenvalue weighted by atomic mass is 10.2. The molecule has 0 N–H and O–H groups in total. The first kappa shape index (κ1) is 16.7. The van der Waals surface area contributed by atoms with Gasteiger partial charge in [-0.05, 0) is 46.8 Å². The predicted molar refractivity (Wildman–Crippen MR) is 81.7 cm³/mol. The maximum Gasteiger partial charge on any atom is 0.434 e. The predicted octanol–water partition coefficient (Wildman–Crippen LogP) is 3.61. The van der Waals surface area contributed by atoms with Crippen molar-refractivity contribution in [2.45, 2.75) is 22.6 Å². The zero-order chi connectivity index (χ0) is 17.3. The first-order chi connectivity index (χ1) is 11.4. The molecule has 0 atom stereocenters. The van der Waals surface area contributed by atoms with Crippen LogP contribution in [0.15, 0.2) is 33.1 Å². The Morgan fingerprint density at radius 2 is 2.08 bits per heavy atom. The van der Waals surface area contributed by atoms with Gasteiger partial charge >= 0.3 is 6.18 Å². The molecule has 6 nitrogen and oxygen atoms in total. The van der Waals surface area contributed by atoms with Crippen LogP contribution in [0.2, 0.25) is 0 Å². The number of benzene rings is 1. The monoisotopic (exact) mass is 373 g/mol. The van der Waals surface area contributed by atoms with E-state index in [0.29, 0.717) is 16.6 Å². The first-order valence-electron chi connectivity index (χ1n) is 6.52. The third-order valence-corrected chi connectivity index (χ3v) is 4.83. The van der Waals surface area contributed by atoms with Crippen LogP contribution in [-0.4, -0.2) is 32.3 Å². The van der Waals surface area contributed by atoms with Crippen molar-refractivity contribution in [1.82, 2.24) is 25.2 Å². The van der Waals surface area contributed by atoms with E-state index in [1.165, 1.54) is 11.8 Å². The fourth-order valence-electron chi connectivity index (χ4n) is 1.87. The van der Waals surface area contributed by atoms with E-state index in [9.17, 15) is 13.2 Å². The minimum atomic E-state index is -4.47. The zero-order valence-electron chi connectivity index (χ0n) is 12.4. The average molecular weight is 373 g/mol. The van der Waals surface area contributed by atoms with E-state index >= 15 is 0 Å². The lowest BCUT2D eigenvalue weighted by Crippen LogP contribution is -2.05. The fourth-order valence-corrected chi connectivity index (χ4v) is 3.58. The molecule has 3 rings (SSSR count). The molecule has 2 heterocycles. The molecule has 0 amide bonds. The molecule has 0 aliphatic heterocycles. The number of tetrazole rings is 1. The lowest BCUT2D eigenvalue weighted by Gasteiger charge is -2.09. The van der Waals surface area contributed by atoms with Gasteiger partial charge in [-0.3, -0.25) is 0 Å². The number of hydrogen-bond donors (Lipinski definition) is 0. The quantitative estimate of drug-likeness (QED) is 0.696. The Morgan fingerprint density at radius 1 is 1.29 bits per heavy atom. The van der Waals surface area contributed by atoms with Gasteiger partial charge in [0, 0.05) is 5.38 Å². The second-order valence-electron chi connectivity index (χ2n) is 4.65. The third kappa shape index (κ3) is 3.36. The van der Waals surface area contributed by atoms with Gasteiger partial charge in [0.25, 0.3) is 0 Å². The summed E-state index contributed by atoms with van der Waals surface area (Å²) in [6.45, 7) is 1.90. The molecule has 0 bridgehead atoms. The summed E-state index contributed by atoms with van der Waals surface area (Å²) >= 11 is 1.84. The summed E-state index contributed by atoms with van der Waals surface area (Å²) < 4.78 is 44.8. The van der Waals surface area contributed by atoms with E-state index in [1.54, 1.807) is 6.07 Å². The Kier molecular flexibility index (Phi) is 4.45. The largest absolute Gasteiger partial charge is 0.494 e. The highest BCUT2D eigenvalue weighted by Gasteiger charge is 2.34. The van der Waals surface area contributed by atoms with E-state index in [4.69, 9.17) is 4.74 Å². The van der Waals surface area contributed by atoms with Gasteiger partial charge in [0.2, 0.25) is 5.16 Å². The van der Waals surface area contributed by atoms with Gasteiger partial charge in [0.05, 0.1) is 7.11 Å². The van der Waals surface area contributed by atoms with Crippen molar-refractivity contribution in [1.29, 1.82) is 0 Å². The highest BCUT2D eigenvalue weighted by Crippen LogP contribution is 2.36. The molecule has 0 aliphatic carbocycles. The maximum atomic E-state index is 12.6. The van der Waals surface area contributed by atoms with E-state index in [2.05, 4.69) is 20.5 Å². The summed E-state index contributed by atoms with van der Waals surface area (Å²) in [6, 6.07) is 5.46. The molecular formula is C13H10F3N5OS2. The van der Waals surface area contributed by atoms with E-state index in [-0.39, 0.29) is 4.34 Å². The molecule has 1 aromatic carbocycles. The fraction of sp³-hybridized carbons (Fsp3) is 0.231. The number of nitrogens with zero attached hydrogens (tertiary/aromatic N) is 5. The first-order valence-corrected chi connectivity index (χ1v) is 8.22. The topological polar surface area (TPSA) is 65.7 Å². The molecule has 2 aromatic heterocycles. The van der Waals surface area contributed by atoms with Gasteiger partial charge in [-0.15, -0.1) is 16.4 Å². The standard InChI is InChI=1S/C13H10F3N5OS2/c1-7-3-4-9(22-2)8(5-7)21-11(18-19-20-21)24-12-17-10(6-23-12)13(14,15)16/h3-6H,1-2H3. The van der Waals surface area contributed by atoms with Gasteiger partial charge in [0.15, 0.2) is 10.0 Å². The molecule has 0 aliphatic rings. The van der Waals surface area contributed by atoms with Crippen LogP contribution in [0.4, 0.5) is 13.2 Å². The van der Waals surface area contributed by atoms with Crippen molar-refractivity contribution in [2.24, 2.45) is 0 Å². The third-order valence-electron chi connectivity index (χ3n) is 2.96. The second kappa shape index (κ2) is 6.40. The number of ether oxygens (including phenoxy) is 1. The van der Waals surface area contributed by atoms with Gasteiger partial charge in [-0.2, -0.15) is 17.9 Å². The van der Waals surface area contributed by atoms with Crippen molar-refractivity contribution in [3.63, 3.8) is 0 Å². The van der Waals surface area contributed by atoms with Crippen LogP contribution in [0.1, 0.15) is 11.3 Å². The number of aryl methyl sites for hydroxylation is 1. The van der Waals surface area contributed by atoms with Crippen LogP contribution < -0.4 is 4.74 Å². The zero-order valence-corrected chi connectivity index (χ0v) is 14.0. The Bertz CT molecular complexity index is 861. The number of thiazole rings is 1. The summed E-state index contributed by atoms with van der Waals surface area (Å²) in [5, 5.41) is 12.6. The van der Waals surface area contributed by atoms with Crippen LogP contribution in [-0.2, 0) is 6.18 Å². The molecule has 0 saturated carbocycles. The number of rotatable bonds is 4. The highest BCUT2D eigenvalue weighted by molar-refractivity contribution is 8.00. The number of methoxy groups -OCH3 is 1. The summed E-state index contributed by atoms with van der Waals surface area (Å²) in [5.41, 5.74) is 0.630. The average Bonchev–Trinajstić information content (AvgIpc) is 3.16. The summed E-state index contributed by atoms with van der Waals surface area (Å²) in [5.74, 6) is 0.546. The minimum absolute atomic E-state index is 0.199. The molecule has 0 saturated heterocycles. The van der Waals surface area contributed by atoms with Gasteiger partial charge < -0.3 is 4.74 Å². The highest BCUT2D eigenvalue weighted by atomic mass is 32.2. The van der Waals surface area contributed by atoms with Crippen LogP contribution in [0.25, 0.3) is 5.69 Å². The van der Waals surface area contributed by atoms with Crippen molar-refractivity contribution >= 4 is 23.1 Å². The van der Waals surface area contributed by atoms with Gasteiger partial charge in [0.1, 0.15) is 11.4 Å². The van der Waals surface area contributed by atoms with Gasteiger partial charge in [-0.1, -0.05) is 6.07 Å². The summed E-state index contributed by atoms with van der Waals surface area (Å²) in [7, 11) is 1.52. The molecule has 24 heavy (non-hydrogen) atoms. The Morgan fingerprint density at radius 3 is 2.75 bits per heavy atom. The van der Waals surface area contributed by atoms with Crippen LogP contribution >= 0.6 is 23.1 Å². The molecule has 3 aromatic rings. The Balaban J connectivity index is 1.94. The lowest BCUT2D eigenvalue weighted by molar-refractivity contribution is -0.141. The molecule has 0 unspecified atom stereocenters. The van der Waals surface area contributed by atoms with Crippen molar-refractivity contribution in [2.75, 3.05) is 7.11 Å². The van der Waals surface area contributed by atoms with Crippen LogP contribution in [0, 0.1) is 6.92 Å². The van der Waals surface area contributed by atoms with Gasteiger partial charge in [-0.25, -0.2) is 4.98 Å². The summed E-state index contributed by atoms with van der Waals surface area (Å²) in [4.78, 5) is 3.57. The molecule has 0 fully saturated rings. The molecule has 126 valence electrons. The number of alkyl halides is 3.